The normalized spacial score (nSPS) is 14.7. The second-order valence-corrected chi connectivity index (χ2v) is 5.04. The highest BCUT2D eigenvalue weighted by Gasteiger charge is 2.22. The number of hydrogen-bond donors (Lipinski definition) is 1. The summed E-state index contributed by atoms with van der Waals surface area (Å²) in [6.45, 7) is 1.94. The number of halogens is 1. The zero-order chi connectivity index (χ0) is 11.6. The van der Waals surface area contributed by atoms with Crippen molar-refractivity contribution in [3.63, 3.8) is 0 Å². The summed E-state index contributed by atoms with van der Waals surface area (Å²) in [5, 5.41) is 0. The van der Waals surface area contributed by atoms with E-state index in [1.807, 2.05) is 13.1 Å². The van der Waals surface area contributed by atoms with E-state index in [1.54, 1.807) is 29.0 Å². The van der Waals surface area contributed by atoms with Crippen molar-refractivity contribution < 1.29 is 4.39 Å². The van der Waals surface area contributed by atoms with Gasteiger partial charge in [0.2, 0.25) is 0 Å². The van der Waals surface area contributed by atoms with Crippen molar-refractivity contribution in [3.8, 4) is 0 Å². The molecule has 0 aliphatic rings. The summed E-state index contributed by atoms with van der Waals surface area (Å²) >= 11 is 1.58. The van der Waals surface area contributed by atoms with Gasteiger partial charge in [-0.3, -0.25) is 4.98 Å². The minimum absolute atomic E-state index is 0.239. The van der Waals surface area contributed by atoms with Crippen LogP contribution in [0.3, 0.4) is 0 Å². The molecule has 0 amide bonds. The van der Waals surface area contributed by atoms with Crippen molar-refractivity contribution in [2.75, 3.05) is 0 Å². The lowest BCUT2D eigenvalue weighted by Crippen LogP contribution is -2.35. The second-order valence-electron chi connectivity index (χ2n) is 4.07. The van der Waals surface area contributed by atoms with E-state index in [-0.39, 0.29) is 5.82 Å². The summed E-state index contributed by atoms with van der Waals surface area (Å²) in [6.07, 6.45) is 2.53. The number of rotatable bonds is 3. The lowest BCUT2D eigenvalue weighted by Gasteiger charge is -2.24. The number of benzene rings is 1. The van der Waals surface area contributed by atoms with Crippen LogP contribution < -0.4 is 5.73 Å². The van der Waals surface area contributed by atoms with Gasteiger partial charge in [-0.1, -0.05) is 12.1 Å². The molecular formula is C12H13FN2S. The van der Waals surface area contributed by atoms with Gasteiger partial charge in [0.1, 0.15) is 5.82 Å². The van der Waals surface area contributed by atoms with Crippen LogP contribution in [0.5, 0.6) is 0 Å². The van der Waals surface area contributed by atoms with E-state index in [0.717, 1.165) is 10.4 Å². The van der Waals surface area contributed by atoms with Gasteiger partial charge in [-0.25, -0.2) is 4.39 Å². The molecule has 0 aliphatic heterocycles. The third kappa shape index (κ3) is 2.46. The molecule has 2 rings (SSSR count). The van der Waals surface area contributed by atoms with Crippen LogP contribution in [0.15, 0.2) is 36.0 Å². The molecule has 0 bridgehead atoms. The molecule has 1 aromatic carbocycles. The van der Waals surface area contributed by atoms with E-state index in [4.69, 9.17) is 5.73 Å². The predicted octanol–water partition coefficient (Wildman–Crippen LogP) is 2.70. The fourth-order valence-electron chi connectivity index (χ4n) is 1.62. The Morgan fingerprint density at radius 1 is 1.38 bits per heavy atom. The fourth-order valence-corrected chi connectivity index (χ4v) is 2.39. The first-order chi connectivity index (χ1) is 7.58. The standard InChI is InChI=1S/C12H13FN2S/c1-12(14,6-11-7-15-8-16-11)9-2-4-10(13)5-3-9/h2-5,7-8H,6,14H2,1H3. The van der Waals surface area contributed by atoms with Crippen LogP contribution in [0.4, 0.5) is 4.39 Å². The second kappa shape index (κ2) is 4.31. The van der Waals surface area contributed by atoms with Gasteiger partial charge in [0, 0.05) is 23.0 Å². The predicted molar refractivity (Wildman–Crippen MR) is 63.8 cm³/mol. The Balaban J connectivity index is 2.21. The molecule has 1 aromatic heterocycles. The number of thiazole rings is 1. The van der Waals surface area contributed by atoms with Gasteiger partial charge in [-0.15, -0.1) is 11.3 Å². The first kappa shape index (κ1) is 11.2. The molecule has 16 heavy (non-hydrogen) atoms. The molecule has 0 fully saturated rings. The number of aromatic nitrogens is 1. The number of nitrogens with zero attached hydrogens (tertiary/aromatic N) is 1. The monoisotopic (exact) mass is 236 g/mol. The summed E-state index contributed by atoms with van der Waals surface area (Å²) in [7, 11) is 0. The van der Waals surface area contributed by atoms with Gasteiger partial charge in [-0.2, -0.15) is 0 Å². The van der Waals surface area contributed by atoms with Gasteiger partial charge in [0.15, 0.2) is 0 Å². The maximum atomic E-state index is 12.8. The molecule has 0 spiro atoms. The first-order valence-electron chi connectivity index (χ1n) is 5.00. The lowest BCUT2D eigenvalue weighted by atomic mass is 9.89. The summed E-state index contributed by atoms with van der Waals surface area (Å²) in [5.41, 5.74) is 8.47. The molecule has 1 heterocycles. The molecule has 0 saturated carbocycles. The van der Waals surface area contributed by atoms with Crippen molar-refractivity contribution in [1.29, 1.82) is 0 Å². The van der Waals surface area contributed by atoms with Crippen LogP contribution >= 0.6 is 11.3 Å². The van der Waals surface area contributed by atoms with E-state index in [0.29, 0.717) is 6.42 Å². The van der Waals surface area contributed by atoms with Crippen LogP contribution in [0, 0.1) is 5.82 Å². The molecule has 2 N–H and O–H groups in total. The quantitative estimate of drug-likeness (QED) is 0.890. The van der Waals surface area contributed by atoms with Crippen LogP contribution in [-0.2, 0) is 12.0 Å². The Morgan fingerprint density at radius 2 is 2.06 bits per heavy atom. The van der Waals surface area contributed by atoms with Crippen molar-refractivity contribution in [1.82, 2.24) is 4.98 Å². The third-order valence-corrected chi connectivity index (χ3v) is 3.31. The van der Waals surface area contributed by atoms with Gasteiger partial charge >= 0.3 is 0 Å². The molecule has 2 nitrogen and oxygen atoms in total. The molecule has 0 aliphatic carbocycles. The van der Waals surface area contributed by atoms with Crippen molar-refractivity contribution in [2.45, 2.75) is 18.9 Å². The molecule has 1 atom stereocenters. The van der Waals surface area contributed by atoms with Crippen molar-refractivity contribution in [2.24, 2.45) is 5.73 Å². The Bertz CT molecular complexity index is 448. The molecular weight excluding hydrogens is 223 g/mol. The molecule has 4 heteroatoms. The topological polar surface area (TPSA) is 38.9 Å². The minimum Gasteiger partial charge on any atom is -0.321 e. The highest BCUT2D eigenvalue weighted by atomic mass is 32.1. The van der Waals surface area contributed by atoms with E-state index >= 15 is 0 Å². The highest BCUT2D eigenvalue weighted by Crippen LogP contribution is 2.24. The summed E-state index contributed by atoms with van der Waals surface area (Å²) in [4.78, 5) is 5.15. The molecule has 2 aromatic rings. The van der Waals surface area contributed by atoms with E-state index in [2.05, 4.69) is 4.98 Å². The Kier molecular flexibility index (Phi) is 3.03. The Hall–Kier alpha value is -1.26. The van der Waals surface area contributed by atoms with Crippen LogP contribution in [-0.4, -0.2) is 4.98 Å². The number of hydrogen-bond acceptors (Lipinski definition) is 3. The maximum absolute atomic E-state index is 12.8. The molecule has 84 valence electrons. The first-order valence-corrected chi connectivity index (χ1v) is 5.88. The van der Waals surface area contributed by atoms with Gasteiger partial charge in [-0.05, 0) is 24.6 Å². The summed E-state index contributed by atoms with van der Waals surface area (Å²) in [5.74, 6) is -0.239. The Morgan fingerprint density at radius 3 is 2.62 bits per heavy atom. The average Bonchev–Trinajstić information content (AvgIpc) is 2.70. The molecule has 0 saturated heterocycles. The maximum Gasteiger partial charge on any atom is 0.123 e. The van der Waals surface area contributed by atoms with Crippen LogP contribution in [0.25, 0.3) is 0 Å². The Labute approximate surface area is 97.9 Å². The van der Waals surface area contributed by atoms with Crippen molar-refractivity contribution >= 4 is 11.3 Å². The van der Waals surface area contributed by atoms with Gasteiger partial charge < -0.3 is 5.73 Å². The van der Waals surface area contributed by atoms with E-state index in [9.17, 15) is 4.39 Å². The zero-order valence-electron chi connectivity index (χ0n) is 8.98. The van der Waals surface area contributed by atoms with Crippen LogP contribution in [0.1, 0.15) is 17.4 Å². The summed E-state index contributed by atoms with van der Waals surface area (Å²) < 4.78 is 12.8. The van der Waals surface area contributed by atoms with E-state index in [1.165, 1.54) is 12.1 Å². The smallest absolute Gasteiger partial charge is 0.123 e. The SMILES string of the molecule is CC(N)(Cc1cncs1)c1ccc(F)cc1. The summed E-state index contributed by atoms with van der Waals surface area (Å²) in [6, 6.07) is 6.34. The fraction of sp³-hybridized carbons (Fsp3) is 0.250. The highest BCUT2D eigenvalue weighted by molar-refractivity contribution is 7.09. The van der Waals surface area contributed by atoms with Crippen LogP contribution in [0.2, 0.25) is 0 Å². The van der Waals surface area contributed by atoms with Gasteiger partial charge in [0.05, 0.1) is 5.51 Å². The average molecular weight is 236 g/mol. The minimum atomic E-state index is -0.486. The number of nitrogens with two attached hydrogens (primary N) is 1. The lowest BCUT2D eigenvalue weighted by molar-refractivity contribution is 0.493. The van der Waals surface area contributed by atoms with Crippen molar-refractivity contribution in [3.05, 3.63) is 52.2 Å². The zero-order valence-corrected chi connectivity index (χ0v) is 9.80. The third-order valence-electron chi connectivity index (χ3n) is 2.53. The molecule has 1 unspecified atom stereocenters. The van der Waals surface area contributed by atoms with E-state index < -0.39 is 5.54 Å². The molecule has 0 radical (unpaired) electrons. The largest absolute Gasteiger partial charge is 0.321 e. The van der Waals surface area contributed by atoms with Gasteiger partial charge in [0.25, 0.3) is 0 Å².